The Morgan fingerprint density at radius 1 is 1.40 bits per heavy atom. The average molecular weight is 137 g/mol. The van der Waals surface area contributed by atoms with Crippen molar-refractivity contribution in [3.05, 3.63) is 36.6 Å². The molecule has 1 heterocycles. The smallest absolute Gasteiger partial charge is 0.139 e. The SMILES string of the molecule is C=CC1=C(C=C)OCNC1. The Hall–Kier alpha value is -1.02. The molecule has 0 atom stereocenters. The second-order valence-corrected chi connectivity index (χ2v) is 2.01. The van der Waals surface area contributed by atoms with Gasteiger partial charge in [-0.2, -0.15) is 0 Å². The molecule has 0 radical (unpaired) electrons. The Morgan fingerprint density at radius 3 is 2.70 bits per heavy atom. The van der Waals surface area contributed by atoms with E-state index < -0.39 is 0 Å². The summed E-state index contributed by atoms with van der Waals surface area (Å²) in [5.74, 6) is 0.841. The van der Waals surface area contributed by atoms with Crippen molar-refractivity contribution in [2.24, 2.45) is 0 Å². The van der Waals surface area contributed by atoms with E-state index in [1.54, 1.807) is 12.2 Å². The number of allylic oxidation sites excluding steroid dienone is 1. The van der Waals surface area contributed by atoms with Crippen LogP contribution in [0.25, 0.3) is 0 Å². The fraction of sp³-hybridized carbons (Fsp3) is 0.250. The number of rotatable bonds is 2. The molecule has 2 heteroatoms. The second kappa shape index (κ2) is 3.22. The molecular weight excluding hydrogens is 126 g/mol. The van der Waals surface area contributed by atoms with E-state index in [0.29, 0.717) is 6.73 Å². The van der Waals surface area contributed by atoms with Crippen LogP contribution in [-0.4, -0.2) is 13.3 Å². The largest absolute Gasteiger partial charge is 0.478 e. The van der Waals surface area contributed by atoms with Gasteiger partial charge in [0, 0.05) is 12.1 Å². The molecule has 0 fully saturated rings. The van der Waals surface area contributed by atoms with Crippen LogP contribution < -0.4 is 5.32 Å². The molecule has 0 aromatic rings. The lowest BCUT2D eigenvalue weighted by atomic mass is 10.2. The van der Waals surface area contributed by atoms with Crippen molar-refractivity contribution in [2.75, 3.05) is 13.3 Å². The van der Waals surface area contributed by atoms with Crippen molar-refractivity contribution in [1.82, 2.24) is 5.32 Å². The van der Waals surface area contributed by atoms with E-state index in [4.69, 9.17) is 4.74 Å². The highest BCUT2D eigenvalue weighted by Gasteiger charge is 2.06. The molecular formula is C8H11NO. The first-order valence-electron chi connectivity index (χ1n) is 3.20. The van der Waals surface area contributed by atoms with Crippen molar-refractivity contribution < 1.29 is 4.74 Å². The van der Waals surface area contributed by atoms with E-state index in [1.807, 2.05) is 0 Å². The number of nitrogens with one attached hydrogen (secondary N) is 1. The third-order valence-corrected chi connectivity index (χ3v) is 1.39. The molecule has 1 aliphatic rings. The monoisotopic (exact) mass is 137 g/mol. The van der Waals surface area contributed by atoms with Gasteiger partial charge >= 0.3 is 0 Å². The van der Waals surface area contributed by atoms with Gasteiger partial charge in [0.25, 0.3) is 0 Å². The standard InChI is InChI=1S/C8H11NO/c1-3-7-5-9-6-10-8(7)4-2/h3-4,9H,1-2,5-6H2. The molecule has 0 amide bonds. The van der Waals surface area contributed by atoms with E-state index in [0.717, 1.165) is 17.9 Å². The van der Waals surface area contributed by atoms with Gasteiger partial charge in [0.15, 0.2) is 0 Å². The van der Waals surface area contributed by atoms with Gasteiger partial charge in [-0.15, -0.1) is 0 Å². The van der Waals surface area contributed by atoms with Crippen molar-refractivity contribution in [1.29, 1.82) is 0 Å². The normalized spacial score (nSPS) is 18.0. The van der Waals surface area contributed by atoms with Gasteiger partial charge in [0.2, 0.25) is 0 Å². The van der Waals surface area contributed by atoms with Crippen molar-refractivity contribution >= 4 is 0 Å². The zero-order valence-corrected chi connectivity index (χ0v) is 5.89. The third kappa shape index (κ3) is 1.28. The Morgan fingerprint density at radius 2 is 2.20 bits per heavy atom. The van der Waals surface area contributed by atoms with E-state index in [9.17, 15) is 0 Å². The van der Waals surface area contributed by atoms with Crippen LogP contribution >= 0.6 is 0 Å². The van der Waals surface area contributed by atoms with Crippen molar-refractivity contribution in [2.45, 2.75) is 0 Å². The van der Waals surface area contributed by atoms with Crippen LogP contribution in [0.15, 0.2) is 36.6 Å². The number of ether oxygens (including phenoxy) is 1. The predicted molar refractivity (Wildman–Crippen MR) is 41.4 cm³/mol. The summed E-state index contributed by atoms with van der Waals surface area (Å²) >= 11 is 0. The summed E-state index contributed by atoms with van der Waals surface area (Å²) in [7, 11) is 0. The van der Waals surface area contributed by atoms with Crippen LogP contribution in [0.5, 0.6) is 0 Å². The zero-order chi connectivity index (χ0) is 7.40. The molecule has 0 saturated heterocycles. The van der Waals surface area contributed by atoms with Gasteiger partial charge in [-0.1, -0.05) is 19.2 Å². The summed E-state index contributed by atoms with van der Waals surface area (Å²) in [6.45, 7) is 8.67. The highest BCUT2D eigenvalue weighted by molar-refractivity contribution is 5.29. The van der Waals surface area contributed by atoms with Crippen LogP contribution in [0.4, 0.5) is 0 Å². The summed E-state index contributed by atoms with van der Waals surface area (Å²) in [4.78, 5) is 0. The maximum atomic E-state index is 5.21. The molecule has 1 aliphatic heterocycles. The lowest BCUT2D eigenvalue weighted by Gasteiger charge is -2.17. The molecule has 1 rings (SSSR count). The molecule has 54 valence electrons. The van der Waals surface area contributed by atoms with Crippen LogP contribution in [0, 0.1) is 0 Å². The summed E-state index contributed by atoms with van der Waals surface area (Å²) in [6, 6.07) is 0. The highest BCUT2D eigenvalue weighted by atomic mass is 16.5. The van der Waals surface area contributed by atoms with Crippen LogP contribution in [-0.2, 0) is 4.74 Å². The minimum absolute atomic E-state index is 0.568. The third-order valence-electron chi connectivity index (χ3n) is 1.39. The molecule has 0 aliphatic carbocycles. The van der Waals surface area contributed by atoms with Gasteiger partial charge in [-0.3, -0.25) is 5.32 Å². The molecule has 0 aromatic heterocycles. The molecule has 0 unspecified atom stereocenters. The molecule has 2 nitrogen and oxygen atoms in total. The topological polar surface area (TPSA) is 21.3 Å². The van der Waals surface area contributed by atoms with Gasteiger partial charge in [0.1, 0.15) is 12.5 Å². The molecule has 10 heavy (non-hydrogen) atoms. The highest BCUT2D eigenvalue weighted by Crippen LogP contribution is 2.10. The number of hydrogen-bond acceptors (Lipinski definition) is 2. The fourth-order valence-corrected chi connectivity index (χ4v) is 0.857. The van der Waals surface area contributed by atoms with Crippen molar-refractivity contribution in [3.8, 4) is 0 Å². The Labute approximate surface area is 60.9 Å². The van der Waals surface area contributed by atoms with Gasteiger partial charge in [-0.25, -0.2) is 0 Å². The first kappa shape index (κ1) is 7.09. The summed E-state index contributed by atoms with van der Waals surface area (Å²) in [5, 5.41) is 3.05. The first-order chi connectivity index (χ1) is 4.88. The maximum Gasteiger partial charge on any atom is 0.139 e. The first-order valence-corrected chi connectivity index (χ1v) is 3.20. The van der Waals surface area contributed by atoms with E-state index in [1.165, 1.54) is 0 Å². The van der Waals surface area contributed by atoms with Crippen LogP contribution in [0.3, 0.4) is 0 Å². The Balaban J connectivity index is 2.81. The Bertz CT molecular complexity index is 162. The lowest BCUT2D eigenvalue weighted by Crippen LogP contribution is -2.25. The molecule has 0 aromatic carbocycles. The minimum atomic E-state index is 0.568. The summed E-state index contributed by atoms with van der Waals surface area (Å²) in [5.41, 5.74) is 1.07. The summed E-state index contributed by atoms with van der Waals surface area (Å²) < 4.78 is 5.21. The zero-order valence-electron chi connectivity index (χ0n) is 5.89. The van der Waals surface area contributed by atoms with Crippen LogP contribution in [0.1, 0.15) is 0 Å². The number of hydrogen-bond donors (Lipinski definition) is 1. The maximum absolute atomic E-state index is 5.21. The molecule has 0 spiro atoms. The van der Waals surface area contributed by atoms with Crippen molar-refractivity contribution in [3.63, 3.8) is 0 Å². The Kier molecular flexibility index (Phi) is 2.29. The summed E-state index contributed by atoms with van der Waals surface area (Å²) in [6.07, 6.45) is 3.49. The molecule has 1 N–H and O–H groups in total. The predicted octanol–water partition coefficient (Wildman–Crippen LogP) is 1.19. The van der Waals surface area contributed by atoms with Gasteiger partial charge in [-0.05, 0) is 6.08 Å². The van der Waals surface area contributed by atoms with E-state index in [-0.39, 0.29) is 0 Å². The molecule has 0 saturated carbocycles. The molecule has 0 bridgehead atoms. The quantitative estimate of drug-likeness (QED) is 0.617. The van der Waals surface area contributed by atoms with E-state index in [2.05, 4.69) is 18.5 Å². The fourth-order valence-electron chi connectivity index (χ4n) is 0.857. The van der Waals surface area contributed by atoms with Gasteiger partial charge < -0.3 is 4.74 Å². The van der Waals surface area contributed by atoms with Gasteiger partial charge in [0.05, 0.1) is 0 Å². The minimum Gasteiger partial charge on any atom is -0.478 e. The van der Waals surface area contributed by atoms with Crippen LogP contribution in [0.2, 0.25) is 0 Å². The van der Waals surface area contributed by atoms with E-state index >= 15 is 0 Å². The second-order valence-electron chi connectivity index (χ2n) is 2.01. The average Bonchev–Trinajstić information content (AvgIpc) is 2.04. The lowest BCUT2D eigenvalue weighted by molar-refractivity contribution is 0.184.